The summed E-state index contributed by atoms with van der Waals surface area (Å²) in [7, 11) is 4.00. The van der Waals surface area contributed by atoms with Crippen molar-refractivity contribution in [2.24, 2.45) is 0 Å². The number of hydrogen-bond acceptors (Lipinski definition) is 4. The van der Waals surface area contributed by atoms with E-state index >= 15 is 0 Å². The molecule has 16 heavy (non-hydrogen) atoms. The van der Waals surface area contributed by atoms with Crippen LogP contribution in [-0.4, -0.2) is 32.1 Å². The molecule has 4 heteroatoms. The van der Waals surface area contributed by atoms with Gasteiger partial charge in [-0.3, -0.25) is 0 Å². The molecule has 0 heterocycles. The lowest BCUT2D eigenvalue weighted by atomic mass is 10.1. The van der Waals surface area contributed by atoms with Crippen molar-refractivity contribution in [2.45, 2.75) is 0 Å². The lowest BCUT2D eigenvalue weighted by Crippen LogP contribution is -2.20. The van der Waals surface area contributed by atoms with E-state index < -0.39 is 0 Å². The summed E-state index contributed by atoms with van der Waals surface area (Å²) in [4.78, 5) is 2.07. The zero-order chi connectivity index (χ0) is 12.0. The van der Waals surface area contributed by atoms with Crippen LogP contribution in [0.25, 0.3) is 0 Å². The van der Waals surface area contributed by atoms with Crippen molar-refractivity contribution in [3.63, 3.8) is 0 Å². The van der Waals surface area contributed by atoms with E-state index in [1.165, 1.54) is 0 Å². The molecule has 1 aromatic carbocycles. The SMILES string of the molecule is CN(C)CCNc1ccc(C#N)c(C#N)c1. The number of hydrogen-bond donors (Lipinski definition) is 1. The second kappa shape index (κ2) is 5.75. The molecule has 0 atom stereocenters. The molecular weight excluding hydrogens is 200 g/mol. The summed E-state index contributed by atoms with van der Waals surface area (Å²) in [5.41, 5.74) is 1.70. The highest BCUT2D eigenvalue weighted by atomic mass is 15.1. The van der Waals surface area contributed by atoms with Crippen LogP contribution in [-0.2, 0) is 0 Å². The third-order valence-electron chi connectivity index (χ3n) is 2.15. The largest absolute Gasteiger partial charge is 0.384 e. The van der Waals surface area contributed by atoms with Gasteiger partial charge in [0.2, 0.25) is 0 Å². The third kappa shape index (κ3) is 3.27. The monoisotopic (exact) mass is 214 g/mol. The van der Waals surface area contributed by atoms with Crippen molar-refractivity contribution in [1.82, 2.24) is 4.90 Å². The Morgan fingerprint density at radius 3 is 2.44 bits per heavy atom. The third-order valence-corrected chi connectivity index (χ3v) is 2.15. The van der Waals surface area contributed by atoms with Crippen LogP contribution in [0, 0.1) is 22.7 Å². The zero-order valence-corrected chi connectivity index (χ0v) is 9.49. The smallest absolute Gasteiger partial charge is 0.101 e. The molecule has 0 aliphatic rings. The molecule has 0 amide bonds. The summed E-state index contributed by atoms with van der Waals surface area (Å²) in [5, 5.41) is 20.8. The number of anilines is 1. The molecule has 1 N–H and O–H groups in total. The fraction of sp³-hybridized carbons (Fsp3) is 0.333. The number of nitriles is 2. The van der Waals surface area contributed by atoms with Gasteiger partial charge in [-0.05, 0) is 32.3 Å². The van der Waals surface area contributed by atoms with Crippen molar-refractivity contribution in [2.75, 3.05) is 32.5 Å². The fourth-order valence-electron chi connectivity index (χ4n) is 1.27. The van der Waals surface area contributed by atoms with Crippen LogP contribution < -0.4 is 5.32 Å². The summed E-state index contributed by atoms with van der Waals surface area (Å²) in [6.07, 6.45) is 0. The van der Waals surface area contributed by atoms with Gasteiger partial charge in [0, 0.05) is 18.8 Å². The van der Waals surface area contributed by atoms with Gasteiger partial charge < -0.3 is 10.2 Å². The Hall–Kier alpha value is -2.04. The minimum atomic E-state index is 0.414. The van der Waals surface area contributed by atoms with Gasteiger partial charge in [0.1, 0.15) is 12.1 Å². The predicted molar refractivity (Wildman–Crippen MR) is 62.9 cm³/mol. The van der Waals surface area contributed by atoms with Gasteiger partial charge in [-0.1, -0.05) is 0 Å². The van der Waals surface area contributed by atoms with E-state index in [1.807, 2.05) is 32.3 Å². The molecule has 82 valence electrons. The van der Waals surface area contributed by atoms with E-state index in [4.69, 9.17) is 10.5 Å². The minimum Gasteiger partial charge on any atom is -0.384 e. The van der Waals surface area contributed by atoms with Crippen molar-refractivity contribution in [3.05, 3.63) is 29.3 Å². The van der Waals surface area contributed by atoms with E-state index in [0.717, 1.165) is 18.8 Å². The van der Waals surface area contributed by atoms with E-state index in [9.17, 15) is 0 Å². The van der Waals surface area contributed by atoms with Crippen LogP contribution in [0.1, 0.15) is 11.1 Å². The van der Waals surface area contributed by atoms with Gasteiger partial charge in [-0.15, -0.1) is 0 Å². The first-order chi connectivity index (χ1) is 7.67. The van der Waals surface area contributed by atoms with Gasteiger partial charge in [-0.2, -0.15) is 10.5 Å². The number of benzene rings is 1. The molecule has 0 saturated heterocycles. The first-order valence-electron chi connectivity index (χ1n) is 5.00. The molecule has 0 spiro atoms. The summed E-state index contributed by atoms with van der Waals surface area (Å²) in [6, 6.07) is 9.18. The molecule has 0 saturated carbocycles. The quantitative estimate of drug-likeness (QED) is 0.823. The predicted octanol–water partition coefficient (Wildman–Crippen LogP) is 1.40. The fourth-order valence-corrected chi connectivity index (χ4v) is 1.27. The van der Waals surface area contributed by atoms with Gasteiger partial charge in [0.15, 0.2) is 0 Å². The van der Waals surface area contributed by atoms with Gasteiger partial charge in [0.05, 0.1) is 11.1 Å². The first kappa shape index (κ1) is 12.0. The van der Waals surface area contributed by atoms with Gasteiger partial charge in [-0.25, -0.2) is 0 Å². The number of nitrogens with zero attached hydrogens (tertiary/aromatic N) is 3. The van der Waals surface area contributed by atoms with Crippen molar-refractivity contribution >= 4 is 5.69 Å². The first-order valence-corrected chi connectivity index (χ1v) is 5.00. The van der Waals surface area contributed by atoms with Crippen LogP contribution >= 0.6 is 0 Å². The van der Waals surface area contributed by atoms with E-state index in [2.05, 4.69) is 10.2 Å². The van der Waals surface area contributed by atoms with Crippen LogP contribution in [0.2, 0.25) is 0 Å². The zero-order valence-electron chi connectivity index (χ0n) is 9.49. The molecule has 0 fully saturated rings. The van der Waals surface area contributed by atoms with Crippen LogP contribution in [0.15, 0.2) is 18.2 Å². The van der Waals surface area contributed by atoms with Crippen molar-refractivity contribution in [1.29, 1.82) is 10.5 Å². The standard InChI is InChI=1S/C12H14N4/c1-16(2)6-5-15-12-4-3-10(8-13)11(7-12)9-14/h3-4,7,15H,5-6H2,1-2H3. The molecule has 0 aliphatic carbocycles. The summed E-state index contributed by atoms with van der Waals surface area (Å²) < 4.78 is 0. The summed E-state index contributed by atoms with van der Waals surface area (Å²) in [5.74, 6) is 0. The second-order valence-electron chi connectivity index (χ2n) is 3.71. The summed E-state index contributed by atoms with van der Waals surface area (Å²) >= 11 is 0. The summed E-state index contributed by atoms with van der Waals surface area (Å²) in [6.45, 7) is 1.73. The van der Waals surface area contributed by atoms with Crippen LogP contribution in [0.4, 0.5) is 5.69 Å². The Kier molecular flexibility index (Phi) is 4.32. The Morgan fingerprint density at radius 2 is 1.88 bits per heavy atom. The lowest BCUT2D eigenvalue weighted by molar-refractivity contribution is 0.425. The maximum atomic E-state index is 8.85. The molecule has 4 nitrogen and oxygen atoms in total. The number of likely N-dealkylation sites (N-methyl/N-ethyl adjacent to an activating group) is 1. The maximum absolute atomic E-state index is 8.85. The highest BCUT2D eigenvalue weighted by Gasteiger charge is 2.02. The Balaban J connectivity index is 2.70. The van der Waals surface area contributed by atoms with E-state index in [1.54, 1.807) is 12.1 Å². The number of nitrogens with one attached hydrogen (secondary N) is 1. The van der Waals surface area contributed by atoms with Crippen LogP contribution in [0.5, 0.6) is 0 Å². The van der Waals surface area contributed by atoms with Crippen molar-refractivity contribution < 1.29 is 0 Å². The Bertz CT molecular complexity index is 437. The van der Waals surface area contributed by atoms with Crippen LogP contribution in [0.3, 0.4) is 0 Å². The average Bonchev–Trinajstić information content (AvgIpc) is 2.28. The molecule has 0 aromatic heterocycles. The molecule has 1 aromatic rings. The van der Waals surface area contributed by atoms with Crippen molar-refractivity contribution in [3.8, 4) is 12.1 Å². The molecule has 0 aliphatic heterocycles. The molecule has 0 radical (unpaired) electrons. The molecule has 0 unspecified atom stereocenters. The average molecular weight is 214 g/mol. The molecular formula is C12H14N4. The Labute approximate surface area is 95.7 Å². The van der Waals surface area contributed by atoms with Gasteiger partial charge in [0.25, 0.3) is 0 Å². The lowest BCUT2D eigenvalue weighted by Gasteiger charge is -2.11. The Morgan fingerprint density at radius 1 is 1.19 bits per heavy atom. The minimum absolute atomic E-state index is 0.414. The van der Waals surface area contributed by atoms with E-state index in [-0.39, 0.29) is 0 Å². The molecule has 1 rings (SSSR count). The highest BCUT2D eigenvalue weighted by Crippen LogP contribution is 2.14. The molecule has 0 bridgehead atoms. The topological polar surface area (TPSA) is 62.9 Å². The highest BCUT2D eigenvalue weighted by molar-refractivity contribution is 5.56. The van der Waals surface area contributed by atoms with E-state index in [0.29, 0.717) is 11.1 Å². The number of rotatable bonds is 4. The normalized spacial score (nSPS) is 9.56. The second-order valence-corrected chi connectivity index (χ2v) is 3.71. The van der Waals surface area contributed by atoms with Gasteiger partial charge >= 0.3 is 0 Å². The maximum Gasteiger partial charge on any atom is 0.101 e.